The smallest absolute Gasteiger partial charge is 0.413 e. The minimum Gasteiger partial charge on any atom is -0.453 e. The number of alkyl carbamates (subject to hydrolysis) is 1. The summed E-state index contributed by atoms with van der Waals surface area (Å²) in [4.78, 5) is 26.6. The molecular weight excluding hydrogens is 282 g/mol. The minimum absolute atomic E-state index is 0.266. The maximum Gasteiger partial charge on any atom is 0.413 e. The lowest BCUT2D eigenvalue weighted by atomic mass is 10.1. The van der Waals surface area contributed by atoms with Crippen LogP contribution in [0.4, 0.5) is 10.5 Å². The maximum absolute atomic E-state index is 12.0. The highest BCUT2D eigenvalue weighted by atomic mass is 16.5. The first-order chi connectivity index (χ1) is 10.5. The average Bonchev–Trinajstić information content (AvgIpc) is 2.54. The van der Waals surface area contributed by atoms with Crippen molar-refractivity contribution in [3.8, 4) is 0 Å². The number of benzene rings is 1. The van der Waals surface area contributed by atoms with Gasteiger partial charge in [0, 0.05) is 5.69 Å². The van der Waals surface area contributed by atoms with Gasteiger partial charge in [-0.25, -0.2) is 4.79 Å². The summed E-state index contributed by atoms with van der Waals surface area (Å²) >= 11 is 0. The molecule has 22 heavy (non-hydrogen) atoms. The van der Waals surface area contributed by atoms with E-state index in [2.05, 4.69) is 34.0 Å². The second-order valence-corrected chi connectivity index (χ2v) is 5.63. The van der Waals surface area contributed by atoms with Gasteiger partial charge in [-0.05, 0) is 25.5 Å². The number of carbonyl (C=O) groups is 2. The summed E-state index contributed by atoms with van der Waals surface area (Å²) in [7, 11) is 1.25. The predicted octanol–water partition coefficient (Wildman–Crippen LogP) is -0.0290. The van der Waals surface area contributed by atoms with E-state index in [1.165, 1.54) is 23.3 Å². The molecule has 1 heterocycles. The van der Waals surface area contributed by atoms with Crippen LogP contribution in [0.3, 0.4) is 0 Å². The van der Waals surface area contributed by atoms with Gasteiger partial charge in [0.1, 0.15) is 0 Å². The van der Waals surface area contributed by atoms with Crippen LogP contribution in [0.25, 0.3) is 0 Å². The van der Waals surface area contributed by atoms with Crippen molar-refractivity contribution in [1.29, 1.82) is 0 Å². The summed E-state index contributed by atoms with van der Waals surface area (Å²) < 4.78 is 4.46. The van der Waals surface area contributed by atoms with Crippen molar-refractivity contribution in [2.24, 2.45) is 0 Å². The third kappa shape index (κ3) is 3.76. The monoisotopic (exact) mass is 306 g/mol. The number of hydrogen-bond acceptors (Lipinski definition) is 4. The Morgan fingerprint density at radius 2 is 1.91 bits per heavy atom. The van der Waals surface area contributed by atoms with Crippen molar-refractivity contribution in [2.45, 2.75) is 19.9 Å². The van der Waals surface area contributed by atoms with E-state index in [-0.39, 0.29) is 11.9 Å². The second kappa shape index (κ2) is 7.26. The number of nitrogens with one attached hydrogen (secondary N) is 2. The fraction of sp³-hybridized carbons (Fsp3) is 0.500. The summed E-state index contributed by atoms with van der Waals surface area (Å²) in [5.74, 6) is -0.286. The van der Waals surface area contributed by atoms with Gasteiger partial charge in [-0.1, -0.05) is 18.2 Å². The molecule has 1 saturated heterocycles. The number of carbonyl (C=O) groups excluding carboxylic acids is 2. The highest BCUT2D eigenvalue weighted by Gasteiger charge is 2.30. The molecule has 0 aromatic heterocycles. The molecule has 6 heteroatoms. The summed E-state index contributed by atoms with van der Waals surface area (Å²) in [5, 5.41) is 2.24. The average molecular weight is 306 g/mol. The molecule has 1 atom stereocenters. The number of amides is 2. The van der Waals surface area contributed by atoms with Crippen molar-refractivity contribution in [1.82, 2.24) is 5.32 Å². The minimum atomic E-state index is -0.699. The van der Waals surface area contributed by atoms with Gasteiger partial charge in [0.15, 0.2) is 6.04 Å². The fourth-order valence-corrected chi connectivity index (χ4v) is 2.83. The van der Waals surface area contributed by atoms with Gasteiger partial charge < -0.3 is 14.5 Å². The molecule has 0 radical (unpaired) electrons. The van der Waals surface area contributed by atoms with Crippen LogP contribution in [0.2, 0.25) is 0 Å². The number of ether oxygens (including phenoxy) is 1. The van der Waals surface area contributed by atoms with Gasteiger partial charge in [0.25, 0.3) is 5.91 Å². The van der Waals surface area contributed by atoms with Crippen molar-refractivity contribution >= 4 is 17.7 Å². The summed E-state index contributed by atoms with van der Waals surface area (Å²) in [5.41, 5.74) is 2.52. The Labute approximate surface area is 131 Å². The zero-order chi connectivity index (χ0) is 16.1. The van der Waals surface area contributed by atoms with Crippen LogP contribution < -0.4 is 15.1 Å². The molecule has 0 spiro atoms. The van der Waals surface area contributed by atoms with E-state index >= 15 is 0 Å². The van der Waals surface area contributed by atoms with E-state index in [9.17, 15) is 9.59 Å². The number of aryl methyl sites for hydroxylation is 1. The lowest BCUT2D eigenvalue weighted by Gasteiger charge is -2.36. The van der Waals surface area contributed by atoms with Crippen molar-refractivity contribution < 1.29 is 19.2 Å². The number of anilines is 1. The van der Waals surface area contributed by atoms with Crippen LogP contribution in [0.15, 0.2) is 24.3 Å². The normalized spacial score (nSPS) is 17.0. The summed E-state index contributed by atoms with van der Waals surface area (Å²) in [6, 6.07) is 8.07. The number of piperazine rings is 1. The van der Waals surface area contributed by atoms with Crippen molar-refractivity contribution in [3.63, 3.8) is 0 Å². The van der Waals surface area contributed by atoms with Crippen LogP contribution in [0.1, 0.15) is 12.5 Å². The number of para-hydroxylation sites is 1. The number of hydrogen-bond donors (Lipinski definition) is 2. The number of rotatable bonds is 3. The van der Waals surface area contributed by atoms with Crippen LogP contribution in [0, 0.1) is 6.92 Å². The standard InChI is InChI=1S/C16H23N3O3/c1-12-6-4-5-7-14(12)19-10-8-18(9-11-19)13(2)15(20)17-16(21)22-3/h4-7,13H,8-11H2,1-3H3,(H,17,20,21)/p+1/t13-/m1/s1. The molecule has 0 saturated carbocycles. The molecule has 120 valence electrons. The summed E-state index contributed by atoms with van der Waals surface area (Å²) in [6.45, 7) is 7.48. The number of nitrogens with zero attached hydrogens (tertiary/aromatic N) is 1. The predicted molar refractivity (Wildman–Crippen MR) is 84.1 cm³/mol. The first-order valence-corrected chi connectivity index (χ1v) is 7.57. The molecule has 1 aromatic rings. The fourth-order valence-electron chi connectivity index (χ4n) is 2.83. The highest BCUT2D eigenvalue weighted by molar-refractivity contribution is 5.93. The molecule has 0 bridgehead atoms. The van der Waals surface area contributed by atoms with Crippen LogP contribution >= 0.6 is 0 Å². The second-order valence-electron chi connectivity index (χ2n) is 5.63. The van der Waals surface area contributed by atoms with Gasteiger partial charge in [0.2, 0.25) is 0 Å². The van der Waals surface area contributed by atoms with E-state index in [4.69, 9.17) is 0 Å². The van der Waals surface area contributed by atoms with Gasteiger partial charge in [-0.3, -0.25) is 10.1 Å². The molecule has 1 fully saturated rings. The molecule has 0 unspecified atom stereocenters. The number of imide groups is 1. The Bertz CT molecular complexity index is 539. The van der Waals surface area contributed by atoms with Gasteiger partial charge in [-0.2, -0.15) is 0 Å². The first kappa shape index (κ1) is 16.3. The zero-order valence-electron chi connectivity index (χ0n) is 13.4. The Kier molecular flexibility index (Phi) is 5.38. The van der Waals surface area contributed by atoms with Crippen LogP contribution in [0.5, 0.6) is 0 Å². The number of methoxy groups -OCH3 is 1. The van der Waals surface area contributed by atoms with E-state index in [0.717, 1.165) is 26.2 Å². The van der Waals surface area contributed by atoms with E-state index in [1.807, 2.05) is 19.1 Å². The van der Waals surface area contributed by atoms with Crippen molar-refractivity contribution in [3.05, 3.63) is 29.8 Å². The third-order valence-electron chi connectivity index (χ3n) is 4.28. The SMILES string of the molecule is COC(=O)NC(=O)[C@@H](C)[NH+]1CCN(c2ccccc2C)CC1. The van der Waals surface area contributed by atoms with Crippen LogP contribution in [-0.2, 0) is 9.53 Å². The lowest BCUT2D eigenvalue weighted by Crippen LogP contribution is -3.19. The zero-order valence-corrected chi connectivity index (χ0v) is 13.4. The third-order valence-corrected chi connectivity index (χ3v) is 4.28. The molecule has 1 aromatic carbocycles. The van der Waals surface area contributed by atoms with E-state index in [0.29, 0.717) is 0 Å². The molecular formula is C16H24N3O3+. The van der Waals surface area contributed by atoms with E-state index < -0.39 is 6.09 Å². The highest BCUT2D eigenvalue weighted by Crippen LogP contribution is 2.18. The molecule has 2 amide bonds. The maximum atomic E-state index is 12.0. The summed E-state index contributed by atoms with van der Waals surface area (Å²) in [6.07, 6.45) is -0.699. The molecule has 1 aliphatic rings. The number of quaternary nitrogens is 1. The van der Waals surface area contributed by atoms with E-state index in [1.54, 1.807) is 0 Å². The van der Waals surface area contributed by atoms with Crippen LogP contribution in [-0.4, -0.2) is 51.3 Å². The molecule has 1 aliphatic heterocycles. The molecule has 2 N–H and O–H groups in total. The topological polar surface area (TPSA) is 63.1 Å². The Hall–Kier alpha value is -2.08. The molecule has 2 rings (SSSR count). The Morgan fingerprint density at radius 3 is 2.50 bits per heavy atom. The molecule has 6 nitrogen and oxygen atoms in total. The van der Waals surface area contributed by atoms with Gasteiger partial charge in [-0.15, -0.1) is 0 Å². The van der Waals surface area contributed by atoms with Gasteiger partial charge >= 0.3 is 6.09 Å². The lowest BCUT2D eigenvalue weighted by molar-refractivity contribution is -0.914. The Morgan fingerprint density at radius 1 is 1.27 bits per heavy atom. The first-order valence-electron chi connectivity index (χ1n) is 7.57. The van der Waals surface area contributed by atoms with Crippen molar-refractivity contribution in [2.75, 3.05) is 38.2 Å². The quantitative estimate of drug-likeness (QED) is 0.823. The Balaban J connectivity index is 1.90. The largest absolute Gasteiger partial charge is 0.453 e. The van der Waals surface area contributed by atoms with Gasteiger partial charge in [0.05, 0.1) is 33.3 Å². The molecule has 0 aliphatic carbocycles.